The molecule has 0 spiro atoms. The van der Waals surface area contributed by atoms with Gasteiger partial charge in [-0.15, -0.1) is 0 Å². The van der Waals surface area contributed by atoms with Gasteiger partial charge in [0.05, 0.1) is 4.47 Å². The van der Waals surface area contributed by atoms with E-state index < -0.39 is 0 Å². The van der Waals surface area contributed by atoms with Crippen molar-refractivity contribution >= 4 is 15.9 Å². The highest BCUT2D eigenvalue weighted by atomic mass is 79.9. The lowest BCUT2D eigenvalue weighted by Crippen LogP contribution is -2.15. The van der Waals surface area contributed by atoms with E-state index in [1.54, 1.807) is 6.07 Å². The van der Waals surface area contributed by atoms with Gasteiger partial charge in [0.2, 0.25) is 0 Å². The molecule has 0 amide bonds. The number of rotatable bonds is 7. The van der Waals surface area contributed by atoms with Crippen LogP contribution in [0.3, 0.4) is 0 Å². The minimum absolute atomic E-state index is 0.300. The fourth-order valence-corrected chi connectivity index (χ4v) is 2.37. The summed E-state index contributed by atoms with van der Waals surface area (Å²) < 4.78 is 19.7. The van der Waals surface area contributed by atoms with Crippen LogP contribution in [0.2, 0.25) is 0 Å². The molecule has 0 aliphatic heterocycles. The van der Waals surface area contributed by atoms with Gasteiger partial charge in [-0.1, -0.05) is 31.2 Å². The average Bonchev–Trinajstić information content (AvgIpc) is 2.49. The van der Waals surface area contributed by atoms with Crippen LogP contribution in [-0.2, 0) is 13.2 Å². The molecule has 0 bridgehead atoms. The number of hydrogen-bond acceptors (Lipinski definition) is 2. The third kappa shape index (κ3) is 4.83. The summed E-state index contributed by atoms with van der Waals surface area (Å²) in [5.74, 6) is 0.220. The van der Waals surface area contributed by atoms with Crippen LogP contribution in [0.1, 0.15) is 24.5 Å². The molecule has 0 saturated heterocycles. The van der Waals surface area contributed by atoms with Crippen molar-refractivity contribution < 1.29 is 9.13 Å². The monoisotopic (exact) mass is 351 g/mol. The quantitative estimate of drug-likeness (QED) is 0.732. The van der Waals surface area contributed by atoms with Crippen LogP contribution in [0.15, 0.2) is 46.9 Å². The third-order valence-corrected chi connectivity index (χ3v) is 3.79. The Morgan fingerprint density at radius 3 is 2.67 bits per heavy atom. The maximum atomic E-state index is 13.2. The van der Waals surface area contributed by atoms with E-state index in [0.717, 1.165) is 29.5 Å². The lowest BCUT2D eigenvalue weighted by molar-refractivity contribution is 0.301. The summed E-state index contributed by atoms with van der Waals surface area (Å²) in [6.07, 6.45) is 1.11. The number of hydrogen-bond donors (Lipinski definition) is 1. The SMILES string of the molecule is CCCNCc1ccccc1COc1cc(F)ccc1Br. The van der Waals surface area contributed by atoms with Crippen molar-refractivity contribution in [2.24, 2.45) is 0 Å². The maximum absolute atomic E-state index is 13.2. The number of ether oxygens (including phenoxy) is 1. The molecule has 2 aromatic carbocycles. The fraction of sp³-hybridized carbons (Fsp3) is 0.294. The van der Waals surface area contributed by atoms with Gasteiger partial charge in [-0.3, -0.25) is 0 Å². The summed E-state index contributed by atoms with van der Waals surface area (Å²) in [6.45, 7) is 4.37. The molecule has 0 aliphatic rings. The standard InChI is InChI=1S/C17H19BrFNO/c1-2-9-20-11-13-5-3-4-6-14(13)12-21-17-10-15(19)7-8-16(17)18/h3-8,10,20H,2,9,11-12H2,1H3. The van der Waals surface area contributed by atoms with Crippen molar-refractivity contribution in [2.45, 2.75) is 26.5 Å². The molecule has 2 nitrogen and oxygen atoms in total. The molecule has 4 heteroatoms. The van der Waals surface area contributed by atoms with Gasteiger partial charge in [0, 0.05) is 12.6 Å². The highest BCUT2D eigenvalue weighted by Gasteiger charge is 2.06. The third-order valence-electron chi connectivity index (χ3n) is 3.14. The zero-order valence-electron chi connectivity index (χ0n) is 12.0. The molecule has 21 heavy (non-hydrogen) atoms. The molecule has 2 aromatic rings. The summed E-state index contributed by atoms with van der Waals surface area (Å²) in [7, 11) is 0. The van der Waals surface area contributed by atoms with Crippen molar-refractivity contribution in [3.05, 3.63) is 63.9 Å². The van der Waals surface area contributed by atoms with Crippen LogP contribution >= 0.6 is 15.9 Å². The smallest absolute Gasteiger partial charge is 0.136 e. The van der Waals surface area contributed by atoms with Crippen LogP contribution < -0.4 is 10.1 Å². The summed E-state index contributed by atoms with van der Waals surface area (Å²) >= 11 is 3.37. The van der Waals surface area contributed by atoms with E-state index >= 15 is 0 Å². The summed E-state index contributed by atoms with van der Waals surface area (Å²) in [6, 6.07) is 12.6. The molecule has 0 heterocycles. The highest BCUT2D eigenvalue weighted by Crippen LogP contribution is 2.26. The fourth-order valence-electron chi connectivity index (χ4n) is 2.01. The maximum Gasteiger partial charge on any atom is 0.136 e. The number of nitrogens with one attached hydrogen (secondary N) is 1. The highest BCUT2D eigenvalue weighted by molar-refractivity contribution is 9.10. The first-order chi connectivity index (χ1) is 10.2. The van der Waals surface area contributed by atoms with Crippen LogP contribution in [0, 0.1) is 5.82 Å². The summed E-state index contributed by atoms with van der Waals surface area (Å²) in [4.78, 5) is 0. The Hall–Kier alpha value is -1.39. The lowest BCUT2D eigenvalue weighted by Gasteiger charge is -2.12. The van der Waals surface area contributed by atoms with E-state index in [2.05, 4.69) is 34.2 Å². The predicted molar refractivity (Wildman–Crippen MR) is 86.9 cm³/mol. The molecular weight excluding hydrogens is 333 g/mol. The van der Waals surface area contributed by atoms with Gasteiger partial charge in [0.1, 0.15) is 18.2 Å². The van der Waals surface area contributed by atoms with Gasteiger partial charge in [-0.05, 0) is 52.2 Å². The Labute approximate surface area is 133 Å². The Morgan fingerprint density at radius 1 is 1.14 bits per heavy atom. The van der Waals surface area contributed by atoms with Crippen molar-refractivity contribution in [1.82, 2.24) is 5.32 Å². The van der Waals surface area contributed by atoms with Gasteiger partial charge in [-0.25, -0.2) is 4.39 Å². The van der Waals surface area contributed by atoms with Crippen LogP contribution in [0.4, 0.5) is 4.39 Å². The van der Waals surface area contributed by atoms with Crippen molar-refractivity contribution in [1.29, 1.82) is 0 Å². The van der Waals surface area contributed by atoms with E-state index in [1.165, 1.54) is 17.7 Å². The number of benzene rings is 2. The van der Waals surface area contributed by atoms with E-state index in [0.29, 0.717) is 12.4 Å². The zero-order chi connectivity index (χ0) is 15.1. The van der Waals surface area contributed by atoms with Crippen LogP contribution in [-0.4, -0.2) is 6.54 Å². The average molecular weight is 352 g/mol. The Morgan fingerprint density at radius 2 is 1.90 bits per heavy atom. The molecule has 0 aliphatic carbocycles. The molecule has 0 unspecified atom stereocenters. The lowest BCUT2D eigenvalue weighted by atomic mass is 10.1. The predicted octanol–water partition coefficient (Wildman–Crippen LogP) is 4.67. The Balaban J connectivity index is 2.04. The first-order valence-corrected chi connectivity index (χ1v) is 7.85. The van der Waals surface area contributed by atoms with Crippen LogP contribution in [0.5, 0.6) is 5.75 Å². The first-order valence-electron chi connectivity index (χ1n) is 7.06. The molecule has 112 valence electrons. The molecular formula is C17H19BrFNO. The minimum atomic E-state index is -0.300. The van der Waals surface area contributed by atoms with Crippen LogP contribution in [0.25, 0.3) is 0 Å². The van der Waals surface area contributed by atoms with E-state index in [-0.39, 0.29) is 5.82 Å². The Kier molecular flexibility index (Phi) is 6.21. The molecule has 0 aromatic heterocycles. The van der Waals surface area contributed by atoms with Gasteiger partial charge >= 0.3 is 0 Å². The van der Waals surface area contributed by atoms with Crippen molar-refractivity contribution in [3.63, 3.8) is 0 Å². The number of halogens is 2. The second-order valence-electron chi connectivity index (χ2n) is 4.81. The summed E-state index contributed by atoms with van der Waals surface area (Å²) in [5, 5.41) is 3.39. The van der Waals surface area contributed by atoms with E-state index in [4.69, 9.17) is 4.74 Å². The molecule has 2 rings (SSSR count). The van der Waals surface area contributed by atoms with Crippen molar-refractivity contribution in [3.8, 4) is 5.75 Å². The molecule has 0 radical (unpaired) electrons. The second-order valence-corrected chi connectivity index (χ2v) is 5.66. The molecule has 0 atom stereocenters. The summed E-state index contributed by atoms with van der Waals surface area (Å²) in [5.41, 5.74) is 2.32. The Bertz CT molecular complexity index is 589. The van der Waals surface area contributed by atoms with E-state index in [9.17, 15) is 4.39 Å². The first kappa shape index (κ1) is 16.0. The molecule has 0 fully saturated rings. The van der Waals surface area contributed by atoms with Gasteiger partial charge < -0.3 is 10.1 Å². The minimum Gasteiger partial charge on any atom is -0.488 e. The topological polar surface area (TPSA) is 21.3 Å². The van der Waals surface area contributed by atoms with Gasteiger partial charge in [0.25, 0.3) is 0 Å². The second kappa shape index (κ2) is 8.15. The van der Waals surface area contributed by atoms with Gasteiger partial charge in [0.15, 0.2) is 0 Å². The molecule has 0 saturated carbocycles. The normalized spacial score (nSPS) is 10.6. The molecule has 1 N–H and O–H groups in total. The zero-order valence-corrected chi connectivity index (χ0v) is 13.6. The van der Waals surface area contributed by atoms with E-state index in [1.807, 2.05) is 18.2 Å². The largest absolute Gasteiger partial charge is 0.488 e. The van der Waals surface area contributed by atoms with Crippen molar-refractivity contribution in [2.75, 3.05) is 6.54 Å². The van der Waals surface area contributed by atoms with Gasteiger partial charge in [-0.2, -0.15) is 0 Å².